The number of allylic oxidation sites excluding steroid dienone is 12. The summed E-state index contributed by atoms with van der Waals surface area (Å²) in [5.74, 6) is -0.908. The molecule has 0 heterocycles. The van der Waals surface area contributed by atoms with Crippen molar-refractivity contribution in [3.8, 4) is 0 Å². The summed E-state index contributed by atoms with van der Waals surface area (Å²) in [7, 11) is 0. The molecule has 0 aliphatic carbocycles. The number of hydrogen-bond donors (Lipinski definition) is 0. The monoisotopic (exact) mass is 949 g/mol. The van der Waals surface area contributed by atoms with E-state index in [1.54, 1.807) is 0 Å². The molecule has 0 rings (SSSR count). The van der Waals surface area contributed by atoms with Crippen LogP contribution in [0, 0.1) is 0 Å². The van der Waals surface area contributed by atoms with Gasteiger partial charge in [0.05, 0.1) is 0 Å². The van der Waals surface area contributed by atoms with Gasteiger partial charge in [0, 0.05) is 19.3 Å². The summed E-state index contributed by atoms with van der Waals surface area (Å²) in [4.78, 5) is 38.2. The van der Waals surface area contributed by atoms with Gasteiger partial charge in [0.25, 0.3) is 0 Å². The number of ether oxygens (including phenoxy) is 3. The van der Waals surface area contributed by atoms with Crippen molar-refractivity contribution in [2.75, 3.05) is 13.2 Å². The predicted molar refractivity (Wildman–Crippen MR) is 293 cm³/mol. The van der Waals surface area contributed by atoms with Crippen LogP contribution >= 0.6 is 0 Å². The van der Waals surface area contributed by atoms with Crippen LogP contribution in [0.15, 0.2) is 72.9 Å². The maximum Gasteiger partial charge on any atom is 0.306 e. The van der Waals surface area contributed by atoms with E-state index in [-0.39, 0.29) is 31.1 Å². The minimum absolute atomic E-state index is 0.0848. The molecule has 0 aromatic rings. The average molecular weight is 950 g/mol. The standard InChI is InChI=1S/C62H108O6/c1-4-7-10-13-16-19-22-25-28-31-32-35-37-40-43-46-49-52-55-61(64)67-58-59(68-62(65)56-53-50-47-44-41-38-34-30-27-24-21-18-15-12-9-6-3)57-66-60(63)54-51-48-45-42-39-36-33-29-26-23-20-17-14-11-8-5-2/h10,13,16,19,22,25,28,30-32,34-35,59H,4-9,11-12,14-15,17-18,20-21,23-24,26-27,29,33,36-58H2,1-3H3/b13-10-,19-16-,25-22-,31-28-,34-30-,35-32-. The molecule has 6 heteroatoms. The van der Waals surface area contributed by atoms with Gasteiger partial charge in [-0.3, -0.25) is 14.4 Å². The lowest BCUT2D eigenvalue weighted by molar-refractivity contribution is -0.167. The van der Waals surface area contributed by atoms with E-state index in [0.29, 0.717) is 19.3 Å². The summed E-state index contributed by atoms with van der Waals surface area (Å²) in [6.45, 7) is 6.55. The molecule has 392 valence electrons. The second-order valence-electron chi connectivity index (χ2n) is 19.3. The van der Waals surface area contributed by atoms with Gasteiger partial charge in [-0.05, 0) is 64.2 Å². The summed E-state index contributed by atoms with van der Waals surface area (Å²) in [6, 6.07) is 0. The number of rotatable bonds is 52. The SMILES string of the molecule is CCC\C=C/C=C\C=C/C=C\C=C/CCCCCCCC(=O)OCC(COC(=O)CCCCCCCCCCCCCCCCCC)OC(=O)CCCCCCC/C=C\CCCCCCCCC. The van der Waals surface area contributed by atoms with Gasteiger partial charge in [0.15, 0.2) is 6.10 Å². The lowest BCUT2D eigenvalue weighted by Crippen LogP contribution is -2.30. The molecular formula is C62H108O6. The third-order valence-corrected chi connectivity index (χ3v) is 12.5. The second-order valence-corrected chi connectivity index (χ2v) is 19.3. The number of carbonyl (C=O) groups excluding carboxylic acids is 3. The van der Waals surface area contributed by atoms with Crippen LogP contribution in [0.5, 0.6) is 0 Å². The van der Waals surface area contributed by atoms with E-state index in [2.05, 4.69) is 69.4 Å². The molecule has 6 nitrogen and oxygen atoms in total. The van der Waals surface area contributed by atoms with E-state index < -0.39 is 6.10 Å². The summed E-state index contributed by atoms with van der Waals surface area (Å²) < 4.78 is 16.9. The maximum absolute atomic E-state index is 12.9. The van der Waals surface area contributed by atoms with Crippen LogP contribution in [0.1, 0.15) is 284 Å². The molecule has 0 bridgehead atoms. The fourth-order valence-electron chi connectivity index (χ4n) is 8.17. The van der Waals surface area contributed by atoms with E-state index in [9.17, 15) is 14.4 Å². The fraction of sp³-hybridized carbons (Fsp3) is 0.758. The molecule has 68 heavy (non-hydrogen) atoms. The van der Waals surface area contributed by atoms with Gasteiger partial charge in [-0.25, -0.2) is 0 Å². The van der Waals surface area contributed by atoms with Crippen molar-refractivity contribution in [1.82, 2.24) is 0 Å². The molecule has 1 unspecified atom stereocenters. The molecule has 1 atom stereocenters. The van der Waals surface area contributed by atoms with Crippen LogP contribution < -0.4 is 0 Å². The Kier molecular flexibility index (Phi) is 53.8. The van der Waals surface area contributed by atoms with Crippen molar-refractivity contribution < 1.29 is 28.6 Å². The number of unbranched alkanes of at least 4 members (excludes halogenated alkanes) is 33. The Morgan fingerprint density at radius 3 is 0.926 bits per heavy atom. The number of carbonyl (C=O) groups is 3. The molecule has 0 N–H and O–H groups in total. The summed E-state index contributed by atoms with van der Waals surface area (Å²) in [5.41, 5.74) is 0. The van der Waals surface area contributed by atoms with E-state index in [0.717, 1.165) is 96.3 Å². The lowest BCUT2D eigenvalue weighted by atomic mass is 10.0. The first kappa shape index (κ1) is 64.8. The zero-order valence-electron chi connectivity index (χ0n) is 44.9. The molecule has 0 fully saturated rings. The molecule has 0 aliphatic rings. The van der Waals surface area contributed by atoms with E-state index >= 15 is 0 Å². The van der Waals surface area contributed by atoms with Crippen LogP contribution in [0.3, 0.4) is 0 Å². The molecule has 0 radical (unpaired) electrons. The Balaban J connectivity index is 4.43. The van der Waals surface area contributed by atoms with Gasteiger partial charge in [-0.1, -0.05) is 273 Å². The first-order valence-electron chi connectivity index (χ1n) is 29.0. The van der Waals surface area contributed by atoms with Crippen LogP contribution in [0.25, 0.3) is 0 Å². The molecular weight excluding hydrogens is 841 g/mol. The van der Waals surface area contributed by atoms with Gasteiger partial charge in [-0.2, -0.15) is 0 Å². The Morgan fingerprint density at radius 2 is 0.574 bits per heavy atom. The third-order valence-electron chi connectivity index (χ3n) is 12.5. The molecule has 0 amide bonds. The first-order chi connectivity index (χ1) is 33.5. The fourth-order valence-corrected chi connectivity index (χ4v) is 8.17. The van der Waals surface area contributed by atoms with Crippen LogP contribution in [-0.2, 0) is 28.6 Å². The molecule has 0 saturated heterocycles. The molecule has 0 saturated carbocycles. The van der Waals surface area contributed by atoms with Crippen LogP contribution in [0.2, 0.25) is 0 Å². The third kappa shape index (κ3) is 53.8. The van der Waals surface area contributed by atoms with Gasteiger partial charge >= 0.3 is 17.9 Å². The summed E-state index contributed by atoms with van der Waals surface area (Å²) in [5, 5.41) is 0. The topological polar surface area (TPSA) is 78.9 Å². The quantitative estimate of drug-likeness (QED) is 0.0199. The Bertz CT molecular complexity index is 1270. The average Bonchev–Trinajstić information content (AvgIpc) is 3.34. The Hall–Kier alpha value is -3.15. The van der Waals surface area contributed by atoms with Gasteiger partial charge in [0.2, 0.25) is 0 Å². The van der Waals surface area contributed by atoms with Crippen molar-refractivity contribution >= 4 is 17.9 Å². The molecule has 0 aliphatic heterocycles. The van der Waals surface area contributed by atoms with Crippen molar-refractivity contribution in [3.05, 3.63) is 72.9 Å². The highest BCUT2D eigenvalue weighted by Gasteiger charge is 2.19. The largest absolute Gasteiger partial charge is 0.462 e. The van der Waals surface area contributed by atoms with Gasteiger partial charge in [0.1, 0.15) is 13.2 Å². The highest BCUT2D eigenvalue weighted by atomic mass is 16.6. The van der Waals surface area contributed by atoms with E-state index in [4.69, 9.17) is 14.2 Å². The first-order valence-corrected chi connectivity index (χ1v) is 29.0. The number of esters is 3. The Morgan fingerprint density at radius 1 is 0.294 bits per heavy atom. The van der Waals surface area contributed by atoms with Crippen molar-refractivity contribution in [3.63, 3.8) is 0 Å². The minimum Gasteiger partial charge on any atom is -0.462 e. The van der Waals surface area contributed by atoms with E-state index in [1.165, 1.54) is 148 Å². The molecule has 0 aromatic heterocycles. The highest BCUT2D eigenvalue weighted by molar-refractivity contribution is 5.71. The van der Waals surface area contributed by atoms with Gasteiger partial charge in [-0.15, -0.1) is 0 Å². The summed E-state index contributed by atoms with van der Waals surface area (Å²) in [6.07, 6.45) is 71.7. The molecule has 0 spiro atoms. The number of hydrogen-bond acceptors (Lipinski definition) is 6. The smallest absolute Gasteiger partial charge is 0.306 e. The van der Waals surface area contributed by atoms with Crippen molar-refractivity contribution in [1.29, 1.82) is 0 Å². The molecule has 0 aromatic carbocycles. The van der Waals surface area contributed by atoms with Crippen LogP contribution in [0.4, 0.5) is 0 Å². The maximum atomic E-state index is 12.9. The zero-order chi connectivity index (χ0) is 49.3. The highest BCUT2D eigenvalue weighted by Crippen LogP contribution is 2.16. The van der Waals surface area contributed by atoms with Crippen molar-refractivity contribution in [2.24, 2.45) is 0 Å². The lowest BCUT2D eigenvalue weighted by Gasteiger charge is -2.18. The Labute approximate surface area is 421 Å². The normalized spacial score (nSPS) is 12.6. The summed E-state index contributed by atoms with van der Waals surface area (Å²) >= 11 is 0. The predicted octanol–water partition coefficient (Wildman–Crippen LogP) is 19.4. The van der Waals surface area contributed by atoms with Gasteiger partial charge < -0.3 is 14.2 Å². The minimum atomic E-state index is -0.789. The van der Waals surface area contributed by atoms with Crippen molar-refractivity contribution in [2.45, 2.75) is 290 Å². The van der Waals surface area contributed by atoms with E-state index in [1.807, 2.05) is 24.3 Å². The zero-order valence-corrected chi connectivity index (χ0v) is 44.9. The van der Waals surface area contributed by atoms with Crippen LogP contribution in [-0.4, -0.2) is 37.2 Å². The second kappa shape index (κ2) is 56.4.